The SMILES string of the molecule is COc1cccc(-c2cc(C(=O)NC3CCN(c4cccc(C)c4)CC3)[nH]n2)c1. The van der Waals surface area contributed by atoms with E-state index >= 15 is 0 Å². The number of carbonyl (C=O) groups excluding carboxylic acids is 1. The molecular weight excluding hydrogens is 364 g/mol. The van der Waals surface area contributed by atoms with Crippen LogP contribution >= 0.6 is 0 Å². The number of aromatic nitrogens is 2. The van der Waals surface area contributed by atoms with Gasteiger partial charge in [-0.25, -0.2) is 0 Å². The Bertz CT molecular complexity index is 990. The molecule has 4 rings (SSSR count). The average Bonchev–Trinajstić information content (AvgIpc) is 3.25. The van der Waals surface area contributed by atoms with Gasteiger partial charge >= 0.3 is 0 Å². The molecule has 1 amide bonds. The first-order valence-electron chi connectivity index (χ1n) is 9.95. The standard InChI is InChI=1S/C23H26N4O2/c1-16-5-3-7-19(13-16)27-11-9-18(10-12-27)24-23(28)22-15-21(25-26-22)17-6-4-8-20(14-17)29-2/h3-8,13-15,18H,9-12H2,1-2H3,(H,24,28)(H,25,26). The van der Waals surface area contributed by atoms with Crippen molar-refractivity contribution < 1.29 is 9.53 Å². The van der Waals surface area contributed by atoms with Gasteiger partial charge in [0.1, 0.15) is 11.4 Å². The molecule has 6 nitrogen and oxygen atoms in total. The van der Waals surface area contributed by atoms with E-state index < -0.39 is 0 Å². The third-order valence-electron chi connectivity index (χ3n) is 5.38. The van der Waals surface area contributed by atoms with Crippen LogP contribution in [0.1, 0.15) is 28.9 Å². The Balaban J connectivity index is 1.35. The predicted octanol–water partition coefficient (Wildman–Crippen LogP) is 3.79. The van der Waals surface area contributed by atoms with Gasteiger partial charge < -0.3 is 15.0 Å². The second-order valence-corrected chi connectivity index (χ2v) is 7.47. The molecule has 1 aliphatic heterocycles. The van der Waals surface area contributed by atoms with E-state index in [4.69, 9.17) is 4.74 Å². The number of nitrogens with one attached hydrogen (secondary N) is 2. The minimum atomic E-state index is -0.111. The number of ether oxygens (including phenoxy) is 1. The monoisotopic (exact) mass is 390 g/mol. The summed E-state index contributed by atoms with van der Waals surface area (Å²) in [5, 5.41) is 10.3. The Morgan fingerprint density at radius 3 is 2.69 bits per heavy atom. The summed E-state index contributed by atoms with van der Waals surface area (Å²) in [6.45, 7) is 3.99. The minimum absolute atomic E-state index is 0.111. The molecule has 0 unspecified atom stereocenters. The van der Waals surface area contributed by atoms with Crippen LogP contribution in [0.2, 0.25) is 0 Å². The molecule has 1 aromatic heterocycles. The molecule has 29 heavy (non-hydrogen) atoms. The summed E-state index contributed by atoms with van der Waals surface area (Å²) in [4.78, 5) is 15.0. The van der Waals surface area contributed by atoms with Crippen molar-refractivity contribution in [3.8, 4) is 17.0 Å². The highest BCUT2D eigenvalue weighted by Gasteiger charge is 2.22. The minimum Gasteiger partial charge on any atom is -0.497 e. The third kappa shape index (κ3) is 4.42. The summed E-state index contributed by atoms with van der Waals surface area (Å²) in [5.41, 5.74) is 4.63. The van der Waals surface area contributed by atoms with Gasteiger partial charge in [-0.1, -0.05) is 24.3 Å². The van der Waals surface area contributed by atoms with Gasteiger partial charge in [0.15, 0.2) is 0 Å². The quantitative estimate of drug-likeness (QED) is 0.695. The van der Waals surface area contributed by atoms with Crippen LogP contribution in [-0.2, 0) is 0 Å². The number of anilines is 1. The van der Waals surface area contributed by atoms with Crippen molar-refractivity contribution in [1.82, 2.24) is 15.5 Å². The highest BCUT2D eigenvalue weighted by Crippen LogP contribution is 2.23. The molecule has 0 saturated carbocycles. The maximum absolute atomic E-state index is 12.7. The normalized spacial score (nSPS) is 14.6. The Morgan fingerprint density at radius 1 is 1.14 bits per heavy atom. The fourth-order valence-electron chi connectivity index (χ4n) is 3.74. The van der Waals surface area contributed by atoms with Crippen LogP contribution in [0.4, 0.5) is 5.69 Å². The van der Waals surface area contributed by atoms with Gasteiger partial charge in [0.25, 0.3) is 5.91 Å². The maximum Gasteiger partial charge on any atom is 0.269 e. The van der Waals surface area contributed by atoms with E-state index in [2.05, 4.69) is 51.6 Å². The highest BCUT2D eigenvalue weighted by molar-refractivity contribution is 5.93. The summed E-state index contributed by atoms with van der Waals surface area (Å²) in [7, 11) is 1.63. The van der Waals surface area contributed by atoms with E-state index in [1.165, 1.54) is 11.3 Å². The van der Waals surface area contributed by atoms with Crippen molar-refractivity contribution in [3.05, 3.63) is 65.9 Å². The summed E-state index contributed by atoms with van der Waals surface area (Å²) < 4.78 is 5.26. The molecule has 150 valence electrons. The second-order valence-electron chi connectivity index (χ2n) is 7.47. The number of rotatable bonds is 5. The molecule has 2 N–H and O–H groups in total. The first-order chi connectivity index (χ1) is 14.1. The highest BCUT2D eigenvalue weighted by atomic mass is 16.5. The van der Waals surface area contributed by atoms with Gasteiger partial charge in [0.2, 0.25) is 0 Å². The van der Waals surface area contributed by atoms with E-state index in [1.54, 1.807) is 13.2 Å². The maximum atomic E-state index is 12.7. The molecule has 2 aromatic carbocycles. The lowest BCUT2D eigenvalue weighted by atomic mass is 10.0. The van der Waals surface area contributed by atoms with Gasteiger partial charge in [-0.3, -0.25) is 9.89 Å². The van der Waals surface area contributed by atoms with E-state index in [0.717, 1.165) is 42.9 Å². The second kappa shape index (κ2) is 8.39. The number of carbonyl (C=O) groups is 1. The van der Waals surface area contributed by atoms with Crippen molar-refractivity contribution in [2.24, 2.45) is 0 Å². The van der Waals surface area contributed by atoms with Gasteiger partial charge in [-0.05, 0) is 55.7 Å². The van der Waals surface area contributed by atoms with Gasteiger partial charge in [0, 0.05) is 30.4 Å². The van der Waals surface area contributed by atoms with E-state index in [0.29, 0.717) is 5.69 Å². The third-order valence-corrected chi connectivity index (χ3v) is 5.38. The van der Waals surface area contributed by atoms with E-state index in [9.17, 15) is 4.79 Å². The molecule has 3 aromatic rings. The summed E-state index contributed by atoms with van der Waals surface area (Å²) in [6.07, 6.45) is 1.85. The lowest BCUT2D eigenvalue weighted by Gasteiger charge is -2.34. The predicted molar refractivity (Wildman–Crippen MR) is 114 cm³/mol. The van der Waals surface area contributed by atoms with Gasteiger partial charge in [-0.2, -0.15) is 5.10 Å². The number of hydrogen-bond donors (Lipinski definition) is 2. The summed E-state index contributed by atoms with van der Waals surface area (Å²) >= 11 is 0. The first kappa shape index (κ1) is 19.1. The number of piperidine rings is 1. The first-order valence-corrected chi connectivity index (χ1v) is 9.95. The Hall–Kier alpha value is -3.28. The fourth-order valence-corrected chi connectivity index (χ4v) is 3.74. The number of aromatic amines is 1. The molecule has 0 aliphatic carbocycles. The molecule has 0 radical (unpaired) electrons. The molecule has 1 fully saturated rings. The largest absolute Gasteiger partial charge is 0.497 e. The molecule has 1 saturated heterocycles. The number of nitrogens with zero attached hydrogens (tertiary/aromatic N) is 2. The molecule has 2 heterocycles. The fraction of sp³-hybridized carbons (Fsp3) is 0.304. The van der Waals surface area contributed by atoms with Crippen LogP contribution in [0.15, 0.2) is 54.6 Å². The van der Waals surface area contributed by atoms with Crippen molar-refractivity contribution in [3.63, 3.8) is 0 Å². The summed E-state index contributed by atoms with van der Waals surface area (Å²) in [5.74, 6) is 0.650. The van der Waals surface area contributed by atoms with Crippen molar-refractivity contribution in [1.29, 1.82) is 0 Å². The average molecular weight is 390 g/mol. The van der Waals surface area contributed by atoms with Crippen LogP contribution in [0, 0.1) is 6.92 Å². The lowest BCUT2D eigenvalue weighted by Crippen LogP contribution is -2.44. The van der Waals surface area contributed by atoms with Crippen LogP contribution in [0.5, 0.6) is 5.75 Å². The van der Waals surface area contributed by atoms with Gasteiger partial charge in [-0.15, -0.1) is 0 Å². The van der Waals surface area contributed by atoms with Crippen LogP contribution in [-0.4, -0.2) is 42.3 Å². The van der Waals surface area contributed by atoms with Crippen molar-refractivity contribution in [2.75, 3.05) is 25.1 Å². The topological polar surface area (TPSA) is 70.2 Å². The molecule has 6 heteroatoms. The smallest absolute Gasteiger partial charge is 0.269 e. The zero-order valence-electron chi connectivity index (χ0n) is 16.8. The number of methoxy groups -OCH3 is 1. The van der Waals surface area contributed by atoms with E-state index in [-0.39, 0.29) is 11.9 Å². The molecule has 1 aliphatic rings. The van der Waals surface area contributed by atoms with E-state index in [1.807, 2.05) is 24.3 Å². The van der Waals surface area contributed by atoms with Crippen molar-refractivity contribution in [2.45, 2.75) is 25.8 Å². The Morgan fingerprint density at radius 2 is 1.93 bits per heavy atom. The van der Waals surface area contributed by atoms with Crippen LogP contribution in [0.3, 0.4) is 0 Å². The Kier molecular flexibility index (Phi) is 5.51. The van der Waals surface area contributed by atoms with Crippen molar-refractivity contribution >= 4 is 11.6 Å². The lowest BCUT2D eigenvalue weighted by molar-refractivity contribution is 0.0926. The van der Waals surface area contributed by atoms with Crippen LogP contribution < -0.4 is 15.0 Å². The Labute approximate surface area is 170 Å². The zero-order chi connectivity index (χ0) is 20.2. The molecule has 0 spiro atoms. The number of H-pyrrole nitrogens is 1. The molecular formula is C23H26N4O2. The zero-order valence-corrected chi connectivity index (χ0v) is 16.8. The van der Waals surface area contributed by atoms with Gasteiger partial charge in [0.05, 0.1) is 12.8 Å². The number of amides is 1. The van der Waals surface area contributed by atoms with Crippen LogP contribution in [0.25, 0.3) is 11.3 Å². The number of hydrogen-bond acceptors (Lipinski definition) is 4. The molecule has 0 bridgehead atoms. The number of aryl methyl sites for hydroxylation is 1. The summed E-state index contributed by atoms with van der Waals surface area (Å²) in [6, 6.07) is 18.2. The molecule has 0 atom stereocenters. The number of benzene rings is 2.